The molecule has 0 radical (unpaired) electrons. The highest BCUT2D eigenvalue weighted by atomic mass is 16.6. The largest absolute Gasteiger partial charge is 0.464 e. The van der Waals surface area contributed by atoms with Crippen molar-refractivity contribution in [3.63, 3.8) is 0 Å². The number of esters is 2. The molecule has 13 heteroatoms. The van der Waals surface area contributed by atoms with Gasteiger partial charge in [-0.15, -0.1) is 0 Å². The quantitative estimate of drug-likeness (QED) is 0.491. The van der Waals surface area contributed by atoms with Crippen LogP contribution in [0.1, 0.15) is 52.4 Å². The van der Waals surface area contributed by atoms with Crippen LogP contribution in [0, 0.1) is 0 Å². The molecule has 0 fully saturated rings. The zero-order valence-corrected chi connectivity index (χ0v) is 21.0. The van der Waals surface area contributed by atoms with Gasteiger partial charge in [0.05, 0.1) is 12.8 Å². The molecule has 0 saturated carbocycles. The van der Waals surface area contributed by atoms with E-state index in [1.54, 1.807) is 41.9 Å². The minimum absolute atomic E-state index is 0.0219. The predicted molar refractivity (Wildman–Crippen MR) is 128 cm³/mol. The molecule has 0 aromatic carbocycles. The van der Waals surface area contributed by atoms with Crippen LogP contribution >= 0.6 is 0 Å². The summed E-state index contributed by atoms with van der Waals surface area (Å²) in [5.41, 5.74) is 0.00842. The summed E-state index contributed by atoms with van der Waals surface area (Å²) in [5, 5.41) is 5.14. The highest BCUT2D eigenvalue weighted by molar-refractivity contribution is 6.03. The summed E-state index contributed by atoms with van der Waals surface area (Å²) in [4.78, 5) is 53.3. The standard InChI is InChI=1S/C23H28N6O7/c1-23(2,3)36-22(33)26-17-12-29(6)18(25-17)19(30)24-13-8-15(27(4)10-13)21(32)35-14-9-16(20(31)34-7)28(5)11-14/h8-12H,1-7H3,(H,24,30)(H,26,33). The van der Waals surface area contributed by atoms with Crippen LogP contribution in [0.3, 0.4) is 0 Å². The molecule has 192 valence electrons. The number of hydrogen-bond acceptors (Lipinski definition) is 8. The molecule has 2 amide bonds. The summed E-state index contributed by atoms with van der Waals surface area (Å²) in [5.74, 6) is -1.50. The molecular weight excluding hydrogens is 472 g/mol. The van der Waals surface area contributed by atoms with Crippen molar-refractivity contribution in [1.29, 1.82) is 0 Å². The molecule has 13 nitrogen and oxygen atoms in total. The minimum atomic E-state index is -0.698. The van der Waals surface area contributed by atoms with E-state index in [1.807, 2.05) is 0 Å². The van der Waals surface area contributed by atoms with Gasteiger partial charge in [-0.2, -0.15) is 0 Å². The van der Waals surface area contributed by atoms with Crippen molar-refractivity contribution in [2.75, 3.05) is 17.7 Å². The maximum absolute atomic E-state index is 12.8. The molecular formula is C23H28N6O7. The molecule has 0 atom stereocenters. The first-order chi connectivity index (χ1) is 16.8. The Bertz CT molecular complexity index is 1330. The van der Waals surface area contributed by atoms with E-state index in [4.69, 9.17) is 9.47 Å². The number of carbonyl (C=O) groups is 4. The number of hydrogen-bond donors (Lipinski definition) is 2. The van der Waals surface area contributed by atoms with Gasteiger partial charge in [0.25, 0.3) is 5.91 Å². The smallest absolute Gasteiger partial charge is 0.413 e. The van der Waals surface area contributed by atoms with Gasteiger partial charge in [-0.1, -0.05) is 0 Å². The number of nitrogens with one attached hydrogen (secondary N) is 2. The second kappa shape index (κ2) is 9.98. The first kappa shape index (κ1) is 26.1. The number of ether oxygens (including phenoxy) is 3. The van der Waals surface area contributed by atoms with Crippen molar-refractivity contribution in [3.05, 3.63) is 47.9 Å². The number of carbonyl (C=O) groups excluding carboxylic acids is 4. The number of rotatable bonds is 6. The van der Waals surface area contributed by atoms with Gasteiger partial charge in [0.15, 0.2) is 5.82 Å². The first-order valence-electron chi connectivity index (χ1n) is 10.8. The van der Waals surface area contributed by atoms with Gasteiger partial charge >= 0.3 is 18.0 Å². The van der Waals surface area contributed by atoms with E-state index in [2.05, 4.69) is 20.4 Å². The summed E-state index contributed by atoms with van der Waals surface area (Å²) >= 11 is 0. The van der Waals surface area contributed by atoms with Gasteiger partial charge in [0, 0.05) is 45.8 Å². The summed E-state index contributed by atoms with van der Waals surface area (Å²) in [6, 6.07) is 2.83. The number of aryl methyl sites for hydroxylation is 3. The second-order valence-electron chi connectivity index (χ2n) is 8.92. The zero-order valence-electron chi connectivity index (χ0n) is 21.0. The number of anilines is 2. The van der Waals surface area contributed by atoms with Gasteiger partial charge < -0.3 is 33.2 Å². The Morgan fingerprint density at radius 2 is 1.50 bits per heavy atom. The lowest BCUT2D eigenvalue weighted by molar-refractivity contribution is 0.0586. The van der Waals surface area contributed by atoms with Crippen LogP contribution in [0.4, 0.5) is 16.3 Å². The molecule has 0 aliphatic carbocycles. The van der Waals surface area contributed by atoms with Crippen molar-refractivity contribution in [1.82, 2.24) is 18.7 Å². The maximum atomic E-state index is 12.8. The predicted octanol–water partition coefficient (Wildman–Crippen LogP) is 2.70. The van der Waals surface area contributed by atoms with E-state index in [-0.39, 0.29) is 28.8 Å². The average molecular weight is 501 g/mol. The van der Waals surface area contributed by atoms with Crippen molar-refractivity contribution < 1.29 is 33.4 Å². The highest BCUT2D eigenvalue weighted by Crippen LogP contribution is 2.20. The number of methoxy groups -OCH3 is 1. The summed E-state index contributed by atoms with van der Waals surface area (Å²) < 4.78 is 19.6. The lowest BCUT2D eigenvalue weighted by Gasteiger charge is -2.18. The molecule has 2 N–H and O–H groups in total. The fourth-order valence-corrected chi connectivity index (χ4v) is 3.23. The Kier molecular flexibility index (Phi) is 7.22. The Hall–Kier alpha value is -4.55. The fraction of sp³-hybridized carbons (Fsp3) is 0.348. The van der Waals surface area contributed by atoms with Gasteiger partial charge in [-0.05, 0) is 26.8 Å². The normalized spacial score (nSPS) is 11.1. The summed E-state index contributed by atoms with van der Waals surface area (Å²) in [7, 11) is 6.08. The van der Waals surface area contributed by atoms with Gasteiger partial charge in [0.2, 0.25) is 5.82 Å². The van der Waals surface area contributed by atoms with Crippen molar-refractivity contribution in [3.8, 4) is 5.75 Å². The van der Waals surface area contributed by atoms with Crippen LogP contribution in [0.2, 0.25) is 0 Å². The summed E-state index contributed by atoms with van der Waals surface area (Å²) in [6.45, 7) is 5.19. The monoisotopic (exact) mass is 500 g/mol. The number of nitrogens with zero attached hydrogens (tertiary/aromatic N) is 4. The van der Waals surface area contributed by atoms with Crippen molar-refractivity contribution in [2.45, 2.75) is 26.4 Å². The van der Waals surface area contributed by atoms with Crippen LogP contribution in [0.5, 0.6) is 5.75 Å². The summed E-state index contributed by atoms with van der Waals surface area (Å²) in [6.07, 6.45) is 3.77. The van der Waals surface area contributed by atoms with Crippen LogP contribution in [0.15, 0.2) is 30.7 Å². The van der Waals surface area contributed by atoms with E-state index in [0.717, 1.165) is 0 Å². The molecule has 36 heavy (non-hydrogen) atoms. The molecule has 0 saturated heterocycles. The lowest BCUT2D eigenvalue weighted by Crippen LogP contribution is -2.27. The van der Waals surface area contributed by atoms with Crippen molar-refractivity contribution in [2.24, 2.45) is 21.1 Å². The average Bonchev–Trinajstić information content (AvgIpc) is 3.42. The Morgan fingerprint density at radius 1 is 0.861 bits per heavy atom. The highest BCUT2D eigenvalue weighted by Gasteiger charge is 2.22. The van der Waals surface area contributed by atoms with Gasteiger partial charge in [0.1, 0.15) is 22.7 Å². The van der Waals surface area contributed by atoms with E-state index in [0.29, 0.717) is 5.69 Å². The van der Waals surface area contributed by atoms with Crippen molar-refractivity contribution >= 4 is 35.4 Å². The number of imidazole rings is 1. The molecule has 0 aliphatic heterocycles. The fourth-order valence-electron chi connectivity index (χ4n) is 3.23. The van der Waals surface area contributed by atoms with E-state index in [9.17, 15) is 19.2 Å². The molecule has 3 aromatic rings. The van der Waals surface area contributed by atoms with Crippen LogP contribution in [-0.2, 0) is 30.6 Å². The Balaban J connectivity index is 1.68. The third-order valence-corrected chi connectivity index (χ3v) is 4.77. The minimum Gasteiger partial charge on any atom is -0.464 e. The molecule has 3 rings (SSSR count). The maximum Gasteiger partial charge on any atom is 0.413 e. The second-order valence-corrected chi connectivity index (χ2v) is 8.92. The van der Waals surface area contributed by atoms with E-state index < -0.39 is 29.5 Å². The van der Waals surface area contributed by atoms with Crippen LogP contribution in [-0.4, -0.2) is 55.3 Å². The molecule has 3 aromatic heterocycles. The SMILES string of the molecule is COC(=O)c1cc(OC(=O)c2cc(NC(=O)c3nc(NC(=O)OC(C)(C)C)cn3C)cn2C)cn1C. The van der Waals surface area contributed by atoms with E-state index in [1.165, 1.54) is 51.5 Å². The Labute approximate surface area is 206 Å². The molecule has 0 unspecified atom stereocenters. The lowest BCUT2D eigenvalue weighted by atomic mass is 10.2. The van der Waals surface area contributed by atoms with E-state index >= 15 is 0 Å². The third-order valence-electron chi connectivity index (χ3n) is 4.77. The van der Waals surface area contributed by atoms with Crippen LogP contribution < -0.4 is 15.4 Å². The zero-order chi connectivity index (χ0) is 26.8. The van der Waals surface area contributed by atoms with Gasteiger partial charge in [-0.3, -0.25) is 10.1 Å². The number of amides is 2. The Morgan fingerprint density at radius 3 is 2.14 bits per heavy atom. The third kappa shape index (κ3) is 6.11. The topological polar surface area (TPSA) is 148 Å². The molecule has 0 bridgehead atoms. The van der Waals surface area contributed by atoms with Crippen LogP contribution in [0.25, 0.3) is 0 Å². The molecule has 3 heterocycles. The molecule has 0 spiro atoms. The van der Waals surface area contributed by atoms with Gasteiger partial charge in [-0.25, -0.2) is 19.4 Å². The first-order valence-corrected chi connectivity index (χ1v) is 10.8. The number of aromatic nitrogens is 4. The molecule has 0 aliphatic rings.